The molecule has 1 amide bonds. The number of hydrogen-bond donors (Lipinski definition) is 1. The lowest BCUT2D eigenvalue weighted by atomic mass is 10.1. The molecule has 2 fully saturated rings. The lowest BCUT2D eigenvalue weighted by Gasteiger charge is -2.34. The molecule has 3 unspecified atom stereocenters. The molecular formula is C16H22N2O2. The molecular weight excluding hydrogens is 252 g/mol. The van der Waals surface area contributed by atoms with E-state index in [4.69, 9.17) is 4.74 Å². The molecule has 1 N–H and O–H groups in total. The van der Waals surface area contributed by atoms with Gasteiger partial charge >= 0.3 is 0 Å². The largest absolute Gasteiger partial charge is 0.497 e. The van der Waals surface area contributed by atoms with Gasteiger partial charge in [-0.2, -0.15) is 0 Å². The topological polar surface area (TPSA) is 41.6 Å². The number of methoxy groups -OCH3 is 1. The smallest absolute Gasteiger partial charge is 0.226 e. The highest BCUT2D eigenvalue weighted by molar-refractivity contribution is 5.83. The lowest BCUT2D eigenvalue weighted by molar-refractivity contribution is -0.135. The number of benzene rings is 1. The molecule has 0 bridgehead atoms. The van der Waals surface area contributed by atoms with Crippen molar-refractivity contribution in [1.29, 1.82) is 0 Å². The summed E-state index contributed by atoms with van der Waals surface area (Å²) >= 11 is 0. The maximum Gasteiger partial charge on any atom is 0.226 e. The molecule has 1 aromatic carbocycles. The van der Waals surface area contributed by atoms with E-state index in [9.17, 15) is 4.79 Å². The number of nitrogens with one attached hydrogen (secondary N) is 1. The summed E-state index contributed by atoms with van der Waals surface area (Å²) in [5.41, 5.74) is 1.23. The van der Waals surface area contributed by atoms with Crippen molar-refractivity contribution in [3.8, 4) is 5.75 Å². The Bertz CT molecular complexity index is 503. The first kappa shape index (κ1) is 13.4. The second kappa shape index (κ2) is 5.44. The van der Waals surface area contributed by atoms with Crippen LogP contribution in [0.5, 0.6) is 5.75 Å². The predicted molar refractivity (Wildman–Crippen MR) is 77.9 cm³/mol. The van der Waals surface area contributed by atoms with Gasteiger partial charge in [0.15, 0.2) is 0 Å². The zero-order chi connectivity index (χ0) is 14.1. The van der Waals surface area contributed by atoms with Gasteiger partial charge in [-0.3, -0.25) is 4.79 Å². The van der Waals surface area contributed by atoms with Gasteiger partial charge in [-0.15, -0.1) is 0 Å². The average molecular weight is 274 g/mol. The van der Waals surface area contributed by atoms with Crippen LogP contribution in [0.4, 0.5) is 0 Å². The normalized spacial score (nSPS) is 29.1. The number of nitrogens with zero attached hydrogens (tertiary/aromatic N) is 1. The van der Waals surface area contributed by atoms with Crippen LogP contribution >= 0.6 is 0 Å². The van der Waals surface area contributed by atoms with Gasteiger partial charge in [-0.1, -0.05) is 12.1 Å². The minimum absolute atomic E-state index is 0.169. The standard InChI is InChI=1S/C16H22N2O2/c1-11-10-17-6-7-18(11)16(19)15-9-14(15)12-4-3-5-13(8-12)20-2/h3-5,8,11,14-15,17H,6-7,9-10H2,1-2H3. The SMILES string of the molecule is COc1cccc(C2CC2C(=O)N2CCNCC2C)c1. The summed E-state index contributed by atoms with van der Waals surface area (Å²) < 4.78 is 5.26. The summed E-state index contributed by atoms with van der Waals surface area (Å²) in [5.74, 6) is 1.74. The Kier molecular flexibility index (Phi) is 3.66. The fraction of sp³-hybridized carbons (Fsp3) is 0.562. The molecule has 0 aromatic heterocycles. The van der Waals surface area contributed by atoms with E-state index in [-0.39, 0.29) is 5.92 Å². The summed E-state index contributed by atoms with van der Waals surface area (Å²) in [6, 6.07) is 8.41. The Morgan fingerprint density at radius 2 is 2.30 bits per heavy atom. The molecule has 20 heavy (non-hydrogen) atoms. The monoisotopic (exact) mass is 274 g/mol. The minimum Gasteiger partial charge on any atom is -0.497 e. The molecule has 4 heteroatoms. The van der Waals surface area contributed by atoms with Gasteiger partial charge < -0.3 is 15.0 Å². The van der Waals surface area contributed by atoms with E-state index in [1.54, 1.807) is 7.11 Å². The Labute approximate surface area is 120 Å². The number of rotatable bonds is 3. The second-order valence-electron chi connectivity index (χ2n) is 5.81. The first-order valence-electron chi connectivity index (χ1n) is 7.36. The molecule has 108 valence electrons. The molecule has 1 aromatic rings. The highest BCUT2D eigenvalue weighted by atomic mass is 16.5. The van der Waals surface area contributed by atoms with Crippen molar-refractivity contribution in [3.05, 3.63) is 29.8 Å². The number of carbonyl (C=O) groups is 1. The molecule has 1 aliphatic carbocycles. The van der Waals surface area contributed by atoms with Crippen LogP contribution in [0.1, 0.15) is 24.8 Å². The molecule has 1 saturated heterocycles. The van der Waals surface area contributed by atoms with E-state index < -0.39 is 0 Å². The van der Waals surface area contributed by atoms with E-state index >= 15 is 0 Å². The molecule has 1 saturated carbocycles. The molecule has 3 rings (SSSR count). The van der Waals surface area contributed by atoms with Crippen molar-refractivity contribution in [1.82, 2.24) is 10.2 Å². The van der Waals surface area contributed by atoms with Gasteiger partial charge in [0.2, 0.25) is 5.91 Å². The molecule has 0 radical (unpaired) electrons. The van der Waals surface area contributed by atoms with Crippen LogP contribution in [0.2, 0.25) is 0 Å². The third-order valence-corrected chi connectivity index (χ3v) is 4.41. The second-order valence-corrected chi connectivity index (χ2v) is 5.81. The van der Waals surface area contributed by atoms with E-state index in [0.717, 1.165) is 31.8 Å². The maximum absolute atomic E-state index is 12.6. The average Bonchev–Trinajstić information content (AvgIpc) is 3.28. The van der Waals surface area contributed by atoms with Crippen LogP contribution in [0.25, 0.3) is 0 Å². The van der Waals surface area contributed by atoms with Gasteiger partial charge in [-0.05, 0) is 37.0 Å². The van der Waals surface area contributed by atoms with Gasteiger partial charge in [-0.25, -0.2) is 0 Å². The number of amides is 1. The molecule has 1 aliphatic heterocycles. The summed E-state index contributed by atoms with van der Waals surface area (Å²) in [5, 5.41) is 3.33. The Balaban J connectivity index is 1.67. The third-order valence-electron chi connectivity index (χ3n) is 4.41. The van der Waals surface area contributed by atoms with Crippen molar-refractivity contribution in [3.63, 3.8) is 0 Å². The molecule has 4 nitrogen and oxygen atoms in total. The Morgan fingerprint density at radius 3 is 3.05 bits per heavy atom. The van der Waals surface area contributed by atoms with Crippen LogP contribution in [0, 0.1) is 5.92 Å². The van der Waals surface area contributed by atoms with Crippen LogP contribution < -0.4 is 10.1 Å². The summed E-state index contributed by atoms with van der Waals surface area (Å²) in [4.78, 5) is 14.6. The predicted octanol–water partition coefficient (Wildman–Crippen LogP) is 1.62. The first-order valence-corrected chi connectivity index (χ1v) is 7.36. The Hall–Kier alpha value is -1.55. The van der Waals surface area contributed by atoms with Crippen molar-refractivity contribution in [2.24, 2.45) is 5.92 Å². The quantitative estimate of drug-likeness (QED) is 0.910. The minimum atomic E-state index is 0.169. The molecule has 3 atom stereocenters. The summed E-state index contributed by atoms with van der Waals surface area (Å²) in [6.07, 6.45) is 0.975. The van der Waals surface area contributed by atoms with Crippen molar-refractivity contribution in [2.45, 2.75) is 25.3 Å². The van der Waals surface area contributed by atoms with Gasteiger partial charge in [0.05, 0.1) is 7.11 Å². The zero-order valence-electron chi connectivity index (χ0n) is 12.1. The lowest BCUT2D eigenvalue weighted by Crippen LogP contribution is -2.52. The van der Waals surface area contributed by atoms with Gasteiger partial charge in [0.25, 0.3) is 0 Å². The van der Waals surface area contributed by atoms with E-state index in [1.807, 2.05) is 17.0 Å². The fourth-order valence-electron chi connectivity index (χ4n) is 3.09. The first-order chi connectivity index (χ1) is 9.70. The Morgan fingerprint density at radius 1 is 1.45 bits per heavy atom. The van der Waals surface area contributed by atoms with E-state index in [0.29, 0.717) is 17.9 Å². The van der Waals surface area contributed by atoms with Gasteiger partial charge in [0, 0.05) is 31.6 Å². The molecule has 2 aliphatic rings. The highest BCUT2D eigenvalue weighted by Gasteiger charge is 2.46. The van der Waals surface area contributed by atoms with Crippen LogP contribution in [-0.2, 0) is 4.79 Å². The number of piperazine rings is 1. The van der Waals surface area contributed by atoms with E-state index in [2.05, 4.69) is 24.4 Å². The van der Waals surface area contributed by atoms with Crippen molar-refractivity contribution >= 4 is 5.91 Å². The number of hydrogen-bond acceptors (Lipinski definition) is 3. The van der Waals surface area contributed by atoms with Crippen LogP contribution in [0.3, 0.4) is 0 Å². The van der Waals surface area contributed by atoms with Crippen molar-refractivity contribution in [2.75, 3.05) is 26.7 Å². The highest BCUT2D eigenvalue weighted by Crippen LogP contribution is 2.49. The zero-order valence-corrected chi connectivity index (χ0v) is 12.1. The third kappa shape index (κ3) is 2.52. The molecule has 1 heterocycles. The van der Waals surface area contributed by atoms with Crippen LogP contribution in [-0.4, -0.2) is 43.6 Å². The maximum atomic E-state index is 12.6. The van der Waals surface area contributed by atoms with Crippen molar-refractivity contribution < 1.29 is 9.53 Å². The van der Waals surface area contributed by atoms with Crippen LogP contribution in [0.15, 0.2) is 24.3 Å². The molecule has 0 spiro atoms. The number of carbonyl (C=O) groups excluding carboxylic acids is 1. The van der Waals surface area contributed by atoms with E-state index in [1.165, 1.54) is 5.56 Å². The summed E-state index contributed by atoms with van der Waals surface area (Å²) in [6.45, 7) is 4.77. The number of ether oxygens (including phenoxy) is 1. The van der Waals surface area contributed by atoms with Gasteiger partial charge in [0.1, 0.15) is 5.75 Å². The summed E-state index contributed by atoms with van der Waals surface area (Å²) in [7, 11) is 1.68. The fourth-order valence-corrected chi connectivity index (χ4v) is 3.09.